The predicted octanol–water partition coefficient (Wildman–Crippen LogP) is 3.43. The van der Waals surface area contributed by atoms with Gasteiger partial charge in [-0.05, 0) is 44.4 Å². The lowest BCUT2D eigenvalue weighted by molar-refractivity contribution is 0.146. The fourth-order valence-corrected chi connectivity index (χ4v) is 4.29. The van der Waals surface area contributed by atoms with Crippen LogP contribution < -0.4 is 5.32 Å². The molecule has 1 aliphatic heterocycles. The molecule has 0 bridgehead atoms. The van der Waals surface area contributed by atoms with Crippen LogP contribution in [0.5, 0.6) is 0 Å². The van der Waals surface area contributed by atoms with Gasteiger partial charge in [-0.2, -0.15) is 5.10 Å². The number of aryl methyl sites for hydroxylation is 2. The van der Waals surface area contributed by atoms with Gasteiger partial charge < -0.3 is 10.2 Å². The summed E-state index contributed by atoms with van der Waals surface area (Å²) in [5.41, 5.74) is 0. The summed E-state index contributed by atoms with van der Waals surface area (Å²) in [6.07, 6.45) is 11.6. The van der Waals surface area contributed by atoms with E-state index in [-0.39, 0.29) is 12.1 Å². The first kappa shape index (κ1) is 16.9. The van der Waals surface area contributed by atoms with Crippen molar-refractivity contribution in [3.63, 3.8) is 0 Å². The first-order chi connectivity index (χ1) is 12.2. The van der Waals surface area contributed by atoms with Crippen LogP contribution in [0.3, 0.4) is 0 Å². The number of aromatic nitrogens is 3. The number of hydrogen-bond acceptors (Lipinski definition) is 3. The Bertz CT molecular complexity index is 603. The molecule has 1 N–H and O–H groups in total. The molecule has 2 fully saturated rings. The summed E-state index contributed by atoms with van der Waals surface area (Å²) in [4.78, 5) is 19.9. The molecule has 2 aliphatic carbocycles. The maximum absolute atomic E-state index is 13.1. The first-order valence-corrected chi connectivity index (χ1v) is 10.3. The van der Waals surface area contributed by atoms with Crippen molar-refractivity contribution in [2.75, 3.05) is 6.54 Å². The lowest BCUT2D eigenvalue weighted by atomic mass is 9.94. The standard InChI is InChI=1S/C19H31N5O/c1-2-17-21-18-16(9-6-12-24(18)22-17)20-19(25)23(13-14-10-11-14)15-7-4-3-5-8-15/h14-16H,2-13H2,1H3,(H,20,25). The SMILES string of the molecule is CCc1nc2n(n1)CCCC2NC(=O)N(CC1CC1)C1CCCCC1. The Balaban J connectivity index is 1.46. The Morgan fingerprint density at radius 3 is 2.68 bits per heavy atom. The maximum Gasteiger partial charge on any atom is 0.318 e. The molecular formula is C19H31N5O. The molecule has 6 heteroatoms. The largest absolute Gasteiger partial charge is 0.328 e. The fraction of sp³-hybridized carbons (Fsp3) is 0.842. The minimum atomic E-state index is 0.0133. The number of fused-ring (bicyclic) bond motifs is 1. The molecule has 4 rings (SSSR count). The van der Waals surface area contributed by atoms with E-state index >= 15 is 0 Å². The van der Waals surface area contributed by atoms with Gasteiger partial charge in [0, 0.05) is 25.6 Å². The minimum absolute atomic E-state index is 0.0133. The highest BCUT2D eigenvalue weighted by Crippen LogP contribution is 2.33. The van der Waals surface area contributed by atoms with E-state index in [1.54, 1.807) is 0 Å². The summed E-state index contributed by atoms with van der Waals surface area (Å²) in [7, 11) is 0. The van der Waals surface area contributed by atoms with Crippen molar-refractivity contribution in [1.29, 1.82) is 0 Å². The smallest absolute Gasteiger partial charge is 0.318 e. The summed E-state index contributed by atoms with van der Waals surface area (Å²) >= 11 is 0. The topological polar surface area (TPSA) is 63.1 Å². The van der Waals surface area contributed by atoms with E-state index in [1.165, 1.54) is 44.9 Å². The van der Waals surface area contributed by atoms with Gasteiger partial charge >= 0.3 is 6.03 Å². The third kappa shape index (κ3) is 3.82. The predicted molar refractivity (Wildman–Crippen MR) is 96.2 cm³/mol. The molecule has 0 aromatic carbocycles. The van der Waals surface area contributed by atoms with E-state index in [0.717, 1.165) is 49.9 Å². The molecule has 2 saturated carbocycles. The van der Waals surface area contributed by atoms with E-state index < -0.39 is 0 Å². The Hall–Kier alpha value is -1.59. The van der Waals surface area contributed by atoms with Gasteiger partial charge in [0.1, 0.15) is 5.82 Å². The highest BCUT2D eigenvalue weighted by Gasteiger charge is 2.34. The second kappa shape index (κ2) is 7.34. The highest BCUT2D eigenvalue weighted by molar-refractivity contribution is 5.75. The van der Waals surface area contributed by atoms with Gasteiger partial charge in [0.05, 0.1) is 6.04 Å². The van der Waals surface area contributed by atoms with E-state index in [1.807, 2.05) is 4.68 Å². The molecule has 0 radical (unpaired) electrons. The van der Waals surface area contributed by atoms with Crippen molar-refractivity contribution in [2.24, 2.45) is 5.92 Å². The number of nitrogens with one attached hydrogen (secondary N) is 1. The van der Waals surface area contributed by atoms with E-state index in [4.69, 9.17) is 0 Å². The summed E-state index contributed by atoms with van der Waals surface area (Å²) in [6, 6.07) is 0.569. The van der Waals surface area contributed by atoms with E-state index in [9.17, 15) is 4.79 Å². The van der Waals surface area contributed by atoms with Gasteiger partial charge in [-0.25, -0.2) is 14.5 Å². The Labute approximate surface area is 150 Å². The monoisotopic (exact) mass is 345 g/mol. The number of urea groups is 1. The molecule has 1 atom stereocenters. The van der Waals surface area contributed by atoms with Crippen LogP contribution in [0, 0.1) is 5.92 Å². The number of hydrogen-bond donors (Lipinski definition) is 1. The molecule has 138 valence electrons. The Morgan fingerprint density at radius 1 is 1.16 bits per heavy atom. The highest BCUT2D eigenvalue weighted by atomic mass is 16.2. The van der Waals surface area contributed by atoms with Crippen molar-refractivity contribution in [3.05, 3.63) is 11.6 Å². The van der Waals surface area contributed by atoms with Crippen LogP contribution in [0.1, 0.15) is 82.4 Å². The molecule has 1 aromatic heterocycles. The van der Waals surface area contributed by atoms with Crippen LogP contribution in [-0.4, -0.2) is 38.3 Å². The van der Waals surface area contributed by atoms with E-state index in [2.05, 4.69) is 27.2 Å². The van der Waals surface area contributed by atoms with Crippen LogP contribution in [0.4, 0.5) is 4.79 Å². The number of carbonyl (C=O) groups is 1. The summed E-state index contributed by atoms with van der Waals surface area (Å²) < 4.78 is 2.00. The van der Waals surface area contributed by atoms with E-state index in [0.29, 0.717) is 6.04 Å². The second-order valence-electron chi connectivity index (χ2n) is 7.99. The average molecular weight is 345 g/mol. The second-order valence-corrected chi connectivity index (χ2v) is 7.99. The van der Waals surface area contributed by atoms with Crippen LogP contribution >= 0.6 is 0 Å². The number of nitrogens with zero attached hydrogens (tertiary/aromatic N) is 4. The number of amides is 2. The minimum Gasteiger partial charge on any atom is -0.328 e. The molecule has 25 heavy (non-hydrogen) atoms. The zero-order valence-corrected chi connectivity index (χ0v) is 15.4. The maximum atomic E-state index is 13.1. The lowest BCUT2D eigenvalue weighted by Gasteiger charge is -2.36. The van der Waals surface area contributed by atoms with Crippen molar-refractivity contribution in [3.8, 4) is 0 Å². The Kier molecular flexibility index (Phi) is 4.95. The van der Waals surface area contributed by atoms with Crippen molar-refractivity contribution in [2.45, 2.75) is 89.8 Å². The Morgan fingerprint density at radius 2 is 1.96 bits per heavy atom. The molecule has 1 unspecified atom stereocenters. The quantitative estimate of drug-likeness (QED) is 0.889. The molecule has 2 amide bonds. The molecule has 0 saturated heterocycles. The van der Waals surface area contributed by atoms with Gasteiger partial charge in [0.2, 0.25) is 0 Å². The third-order valence-corrected chi connectivity index (χ3v) is 5.96. The zero-order valence-electron chi connectivity index (χ0n) is 15.4. The van der Waals surface area contributed by atoms with Gasteiger partial charge in [-0.1, -0.05) is 26.2 Å². The van der Waals surface area contributed by atoms with Gasteiger partial charge in [-0.3, -0.25) is 0 Å². The molecule has 0 spiro atoms. The number of rotatable bonds is 5. The van der Waals surface area contributed by atoms with Gasteiger partial charge in [0.25, 0.3) is 0 Å². The van der Waals surface area contributed by atoms with Crippen LogP contribution in [0.25, 0.3) is 0 Å². The lowest BCUT2D eigenvalue weighted by Crippen LogP contribution is -2.49. The zero-order chi connectivity index (χ0) is 17.2. The molecule has 2 heterocycles. The summed E-state index contributed by atoms with van der Waals surface area (Å²) in [6.45, 7) is 3.94. The summed E-state index contributed by atoms with van der Waals surface area (Å²) in [5, 5.41) is 7.87. The molecule has 3 aliphatic rings. The summed E-state index contributed by atoms with van der Waals surface area (Å²) in [5.74, 6) is 2.57. The van der Waals surface area contributed by atoms with Crippen LogP contribution in [-0.2, 0) is 13.0 Å². The molecule has 1 aromatic rings. The van der Waals surface area contributed by atoms with Gasteiger partial charge in [-0.15, -0.1) is 0 Å². The fourth-order valence-electron chi connectivity index (χ4n) is 4.29. The van der Waals surface area contributed by atoms with Gasteiger partial charge in [0.15, 0.2) is 5.82 Å². The normalized spacial score (nSPS) is 24.0. The molecule has 6 nitrogen and oxygen atoms in total. The van der Waals surface area contributed by atoms with Crippen molar-refractivity contribution >= 4 is 6.03 Å². The average Bonchev–Trinajstić information content (AvgIpc) is 3.36. The number of carbonyl (C=O) groups excluding carboxylic acids is 1. The van der Waals surface area contributed by atoms with Crippen LogP contribution in [0.15, 0.2) is 0 Å². The van der Waals surface area contributed by atoms with Crippen LogP contribution in [0.2, 0.25) is 0 Å². The van der Waals surface area contributed by atoms with Crippen molar-refractivity contribution < 1.29 is 4.79 Å². The van der Waals surface area contributed by atoms with Crippen molar-refractivity contribution in [1.82, 2.24) is 25.0 Å². The first-order valence-electron chi connectivity index (χ1n) is 10.3. The third-order valence-electron chi connectivity index (χ3n) is 5.96. The molecular weight excluding hydrogens is 314 g/mol.